The van der Waals surface area contributed by atoms with Crippen LogP contribution in [0.1, 0.15) is 21.7 Å². The molecule has 1 aliphatic heterocycles. The number of nitrogens with one attached hydrogen (secondary N) is 1. The average molecular weight is 441 g/mol. The maximum absolute atomic E-state index is 13.3. The van der Waals surface area contributed by atoms with Gasteiger partial charge in [-0.25, -0.2) is 9.97 Å². The number of aromatic nitrogens is 3. The molecule has 0 bridgehead atoms. The van der Waals surface area contributed by atoms with Crippen molar-refractivity contribution in [3.63, 3.8) is 0 Å². The van der Waals surface area contributed by atoms with Crippen molar-refractivity contribution < 1.29 is 18.7 Å². The van der Waals surface area contributed by atoms with E-state index in [1.807, 2.05) is 48.5 Å². The van der Waals surface area contributed by atoms with Gasteiger partial charge in [-0.1, -0.05) is 18.2 Å². The average Bonchev–Trinajstić information content (AvgIpc) is 3.57. The first-order valence-electron chi connectivity index (χ1n) is 10.4. The van der Waals surface area contributed by atoms with Crippen molar-refractivity contribution in [1.29, 1.82) is 0 Å². The van der Waals surface area contributed by atoms with Gasteiger partial charge >= 0.3 is 0 Å². The van der Waals surface area contributed by atoms with Crippen molar-refractivity contribution >= 4 is 33.9 Å². The molecule has 164 valence electrons. The number of nitrogens with zero attached hydrogens (tertiary/aromatic N) is 3. The van der Waals surface area contributed by atoms with E-state index in [1.165, 1.54) is 0 Å². The number of anilines is 1. The van der Waals surface area contributed by atoms with Crippen LogP contribution in [-0.2, 0) is 13.1 Å². The number of furan rings is 1. The summed E-state index contributed by atoms with van der Waals surface area (Å²) in [6.07, 6.45) is 1.59. The smallest absolute Gasteiger partial charge is 0.257 e. The first kappa shape index (κ1) is 19.2. The number of rotatable bonds is 5. The van der Waals surface area contributed by atoms with Crippen LogP contribution in [0, 0.1) is 0 Å². The zero-order chi connectivity index (χ0) is 22.4. The van der Waals surface area contributed by atoms with Gasteiger partial charge in [0, 0.05) is 6.54 Å². The lowest BCUT2D eigenvalue weighted by Gasteiger charge is -2.07. The third-order valence-electron chi connectivity index (χ3n) is 5.60. The normalized spacial score (nSPS) is 12.5. The van der Waals surface area contributed by atoms with Crippen LogP contribution in [0.15, 0.2) is 65.3 Å². The van der Waals surface area contributed by atoms with Gasteiger partial charge in [-0.2, -0.15) is 0 Å². The molecule has 0 unspecified atom stereocenters. The van der Waals surface area contributed by atoms with Crippen molar-refractivity contribution in [3.8, 4) is 11.5 Å². The van der Waals surface area contributed by atoms with E-state index in [-0.39, 0.29) is 24.1 Å². The van der Waals surface area contributed by atoms with Crippen molar-refractivity contribution in [1.82, 2.24) is 19.9 Å². The van der Waals surface area contributed by atoms with E-state index in [0.29, 0.717) is 47.0 Å². The molecule has 1 aliphatic rings. The Morgan fingerprint density at radius 3 is 2.67 bits per heavy atom. The molecule has 33 heavy (non-hydrogen) atoms. The summed E-state index contributed by atoms with van der Waals surface area (Å²) in [6.45, 7) is 0.821. The zero-order valence-electron chi connectivity index (χ0n) is 17.4. The number of nitrogen functional groups attached to an aromatic ring is 1. The molecule has 4 heterocycles. The molecule has 0 spiro atoms. The molecule has 3 N–H and O–H groups in total. The summed E-state index contributed by atoms with van der Waals surface area (Å²) in [7, 11) is 0. The molecule has 0 radical (unpaired) electrons. The number of hydrogen-bond donors (Lipinski definition) is 2. The lowest BCUT2D eigenvalue weighted by Crippen LogP contribution is -2.24. The summed E-state index contributed by atoms with van der Waals surface area (Å²) >= 11 is 0. The molecule has 1 amide bonds. The minimum atomic E-state index is -0.335. The fraction of sp³-hybridized carbons (Fsp3) is 0.125. The predicted molar refractivity (Wildman–Crippen MR) is 121 cm³/mol. The summed E-state index contributed by atoms with van der Waals surface area (Å²) in [6, 6.07) is 16.7. The standard InChI is InChI=1S/C24H19N5O4/c25-22-20(24(30)26-11-14-7-8-18-19(10-14)33-13-32-18)21-23(29(22)12-15-4-3-9-31-15)28-17-6-2-1-5-16(17)27-21/h1-10H,11-13,25H2,(H,26,30). The van der Waals surface area contributed by atoms with E-state index < -0.39 is 0 Å². The number of para-hydroxylation sites is 2. The minimum Gasteiger partial charge on any atom is -0.467 e. The first-order valence-corrected chi connectivity index (χ1v) is 10.4. The van der Waals surface area contributed by atoms with Crippen molar-refractivity contribution in [2.45, 2.75) is 13.1 Å². The first-order chi connectivity index (χ1) is 16.2. The maximum Gasteiger partial charge on any atom is 0.257 e. The molecule has 9 heteroatoms. The highest BCUT2D eigenvalue weighted by Gasteiger charge is 2.24. The van der Waals surface area contributed by atoms with Gasteiger partial charge in [0.25, 0.3) is 5.91 Å². The Hall–Kier alpha value is -4.53. The Morgan fingerprint density at radius 2 is 1.85 bits per heavy atom. The molecule has 0 fully saturated rings. The zero-order valence-corrected chi connectivity index (χ0v) is 17.4. The largest absolute Gasteiger partial charge is 0.467 e. The lowest BCUT2D eigenvalue weighted by atomic mass is 10.2. The summed E-state index contributed by atoms with van der Waals surface area (Å²) < 4.78 is 18.0. The number of carbonyl (C=O) groups is 1. The second kappa shape index (κ2) is 7.56. The fourth-order valence-electron chi connectivity index (χ4n) is 3.98. The van der Waals surface area contributed by atoms with E-state index in [4.69, 9.17) is 29.6 Å². The van der Waals surface area contributed by atoms with E-state index in [9.17, 15) is 4.79 Å². The minimum absolute atomic E-state index is 0.198. The Balaban J connectivity index is 1.39. The summed E-state index contributed by atoms with van der Waals surface area (Å²) in [5.74, 6) is 1.99. The summed E-state index contributed by atoms with van der Waals surface area (Å²) in [5.41, 5.74) is 10.0. The number of carbonyl (C=O) groups excluding carboxylic acids is 1. The van der Waals surface area contributed by atoms with Crippen LogP contribution in [0.2, 0.25) is 0 Å². The van der Waals surface area contributed by atoms with Crippen LogP contribution < -0.4 is 20.5 Å². The van der Waals surface area contributed by atoms with Crippen LogP contribution in [0.3, 0.4) is 0 Å². The molecule has 0 atom stereocenters. The van der Waals surface area contributed by atoms with Gasteiger partial charge < -0.3 is 29.5 Å². The maximum atomic E-state index is 13.3. The molecule has 3 aromatic heterocycles. The molecule has 0 aliphatic carbocycles. The Morgan fingerprint density at radius 1 is 1.03 bits per heavy atom. The van der Waals surface area contributed by atoms with E-state index >= 15 is 0 Å². The molecule has 0 saturated heterocycles. The highest BCUT2D eigenvalue weighted by atomic mass is 16.7. The number of benzene rings is 2. The van der Waals surface area contributed by atoms with Gasteiger partial charge in [0.1, 0.15) is 22.7 Å². The fourth-order valence-corrected chi connectivity index (χ4v) is 3.98. The van der Waals surface area contributed by atoms with Crippen molar-refractivity contribution in [2.75, 3.05) is 12.5 Å². The number of amides is 1. The van der Waals surface area contributed by atoms with Gasteiger partial charge in [0.15, 0.2) is 17.1 Å². The van der Waals surface area contributed by atoms with Crippen LogP contribution in [-0.4, -0.2) is 27.2 Å². The van der Waals surface area contributed by atoms with E-state index in [1.54, 1.807) is 16.9 Å². The summed E-state index contributed by atoms with van der Waals surface area (Å²) in [4.78, 5) is 22.8. The molecule has 9 nitrogen and oxygen atoms in total. The SMILES string of the molecule is Nc1c(C(=O)NCc2ccc3c(c2)OCO3)c2nc3ccccc3nc2n1Cc1ccco1. The van der Waals surface area contributed by atoms with E-state index in [0.717, 1.165) is 11.1 Å². The highest BCUT2D eigenvalue weighted by Crippen LogP contribution is 2.33. The third kappa shape index (κ3) is 3.30. The van der Waals surface area contributed by atoms with Gasteiger partial charge in [-0.3, -0.25) is 4.79 Å². The van der Waals surface area contributed by atoms with Crippen LogP contribution >= 0.6 is 0 Å². The quantitative estimate of drug-likeness (QED) is 0.429. The Kier molecular flexibility index (Phi) is 4.39. The monoisotopic (exact) mass is 441 g/mol. The summed E-state index contributed by atoms with van der Waals surface area (Å²) in [5, 5.41) is 2.94. The van der Waals surface area contributed by atoms with Crippen molar-refractivity contribution in [3.05, 3.63) is 77.7 Å². The Labute approximate surface area is 187 Å². The topological polar surface area (TPSA) is 117 Å². The number of ether oxygens (including phenoxy) is 2. The number of fused-ring (bicyclic) bond motifs is 3. The van der Waals surface area contributed by atoms with Crippen LogP contribution in [0.25, 0.3) is 22.2 Å². The molecular formula is C24H19N5O4. The highest BCUT2D eigenvalue weighted by molar-refractivity contribution is 6.10. The Bertz CT molecular complexity index is 1510. The van der Waals surface area contributed by atoms with Gasteiger partial charge in [0.05, 0.1) is 23.8 Å². The third-order valence-corrected chi connectivity index (χ3v) is 5.60. The van der Waals surface area contributed by atoms with Gasteiger partial charge in [0.2, 0.25) is 6.79 Å². The number of hydrogen-bond acceptors (Lipinski definition) is 7. The van der Waals surface area contributed by atoms with Gasteiger partial charge in [-0.05, 0) is 42.0 Å². The molecule has 2 aromatic carbocycles. The number of nitrogens with two attached hydrogens (primary N) is 1. The molecule has 5 aromatic rings. The van der Waals surface area contributed by atoms with Gasteiger partial charge in [-0.15, -0.1) is 0 Å². The second-order valence-electron chi connectivity index (χ2n) is 7.68. The van der Waals surface area contributed by atoms with Crippen LogP contribution in [0.4, 0.5) is 5.82 Å². The predicted octanol–water partition coefficient (Wildman–Crippen LogP) is 3.47. The molecule has 0 saturated carbocycles. The van der Waals surface area contributed by atoms with E-state index in [2.05, 4.69) is 5.32 Å². The lowest BCUT2D eigenvalue weighted by molar-refractivity contribution is 0.0953. The van der Waals surface area contributed by atoms with Crippen LogP contribution in [0.5, 0.6) is 11.5 Å². The second-order valence-corrected chi connectivity index (χ2v) is 7.68. The molecule has 6 rings (SSSR count). The molecular weight excluding hydrogens is 422 g/mol. The van der Waals surface area contributed by atoms with Crippen molar-refractivity contribution in [2.24, 2.45) is 0 Å².